The average molecular weight is 528 g/mol. The van der Waals surface area contributed by atoms with Crippen molar-refractivity contribution in [3.8, 4) is 0 Å². The van der Waals surface area contributed by atoms with E-state index in [9.17, 15) is 32.3 Å². The number of hydrogen-bond donors (Lipinski definition) is 0. The molecule has 0 atom stereocenters. The molecule has 0 unspecified atom stereocenters. The molecule has 194 valence electrons. The lowest BCUT2D eigenvalue weighted by molar-refractivity contribution is -0.136. The van der Waals surface area contributed by atoms with Crippen molar-refractivity contribution in [2.75, 3.05) is 13.1 Å². The smallest absolute Gasteiger partial charge is 0.275 e. The number of aryl methyl sites for hydroxylation is 1. The fraction of sp³-hybridized carbons (Fsp3) is 0.200. The number of nitrogens with zero attached hydrogens (tertiary/aromatic N) is 2. The van der Waals surface area contributed by atoms with Crippen molar-refractivity contribution in [3.63, 3.8) is 0 Å². The molecule has 0 bridgehead atoms. The van der Waals surface area contributed by atoms with Gasteiger partial charge in [-0.3, -0.25) is 29.0 Å². The van der Waals surface area contributed by atoms with E-state index < -0.39 is 35.4 Å². The summed E-state index contributed by atoms with van der Waals surface area (Å²) in [5.41, 5.74) is 0.132. The van der Waals surface area contributed by atoms with Gasteiger partial charge in [0.1, 0.15) is 0 Å². The van der Waals surface area contributed by atoms with E-state index in [0.29, 0.717) is 27.1 Å². The van der Waals surface area contributed by atoms with Crippen LogP contribution >= 0.6 is 0 Å². The first kappa shape index (κ1) is 23.6. The zero-order chi connectivity index (χ0) is 27.7. The maximum atomic E-state index is 14.7. The predicted octanol–water partition coefficient (Wildman–Crippen LogP) is 6.30. The van der Waals surface area contributed by atoms with Crippen molar-refractivity contribution in [2.45, 2.75) is 26.9 Å². The topological polar surface area (TPSA) is 74.8 Å². The molecule has 6 nitrogen and oxygen atoms in total. The molecule has 2 heterocycles. The van der Waals surface area contributed by atoms with E-state index in [1.165, 1.54) is 12.1 Å². The van der Waals surface area contributed by atoms with E-state index in [1.54, 1.807) is 39.0 Å². The van der Waals surface area contributed by atoms with E-state index in [1.807, 2.05) is 0 Å². The Bertz CT molecular complexity index is 2030. The second-order valence-electron chi connectivity index (χ2n) is 9.99. The average Bonchev–Trinajstić information content (AvgIpc) is 2.89. The standard InChI is InChI=1S/C30H19F3N2O4/c1-4-34-26(36)15-9-7-14-23-19(30(31,32)33)11-18-22-16(27(37)35(5-2)29(18)39)8-6-13(25(22)23)20-12(3)10-17(28(34)38)21(15)24(14)20/h6-11H,4-5H2,1-3H3. The molecule has 39 heavy (non-hydrogen) atoms. The zero-order valence-corrected chi connectivity index (χ0v) is 21.0. The summed E-state index contributed by atoms with van der Waals surface area (Å²) in [7, 11) is 0. The molecule has 5 aromatic carbocycles. The second-order valence-corrected chi connectivity index (χ2v) is 9.99. The van der Waals surface area contributed by atoms with Gasteiger partial charge in [0, 0.05) is 51.5 Å². The normalized spacial score (nSPS) is 15.7. The van der Waals surface area contributed by atoms with Gasteiger partial charge in [-0.2, -0.15) is 13.2 Å². The summed E-state index contributed by atoms with van der Waals surface area (Å²) >= 11 is 0. The highest BCUT2D eigenvalue weighted by molar-refractivity contribution is 6.42. The molecule has 0 saturated carbocycles. The van der Waals surface area contributed by atoms with Gasteiger partial charge in [-0.25, -0.2) is 0 Å². The lowest BCUT2D eigenvalue weighted by atomic mass is 9.79. The van der Waals surface area contributed by atoms with Gasteiger partial charge in [0.15, 0.2) is 0 Å². The van der Waals surface area contributed by atoms with Crippen molar-refractivity contribution in [1.29, 1.82) is 0 Å². The highest BCUT2D eigenvalue weighted by atomic mass is 19.4. The molecule has 2 aliphatic rings. The summed E-state index contributed by atoms with van der Waals surface area (Å²) < 4.78 is 44.2. The molecule has 2 aliphatic heterocycles. The van der Waals surface area contributed by atoms with Gasteiger partial charge in [-0.05, 0) is 77.5 Å². The number of fused-ring (bicyclic) bond motifs is 2. The largest absolute Gasteiger partial charge is 0.417 e. The first-order valence-corrected chi connectivity index (χ1v) is 12.6. The van der Waals surface area contributed by atoms with Gasteiger partial charge >= 0.3 is 6.18 Å². The SMILES string of the molecule is CCN1C(=O)c2ccc3c4c(C(F)(F)F)cc5c6c(ccc(c7c(C)cc(c2c37)C1=O)c64)C(=O)N(CC)C5=O. The summed E-state index contributed by atoms with van der Waals surface area (Å²) in [6.45, 7) is 5.22. The summed E-state index contributed by atoms with van der Waals surface area (Å²) in [5, 5.41) is 2.15. The van der Waals surface area contributed by atoms with Crippen LogP contribution in [-0.2, 0) is 6.18 Å². The Hall–Kier alpha value is -4.53. The summed E-state index contributed by atoms with van der Waals surface area (Å²) in [4.78, 5) is 55.1. The minimum absolute atomic E-state index is 0.0209. The molecular formula is C30H19F3N2O4. The number of benzene rings is 5. The number of alkyl halides is 3. The first-order chi connectivity index (χ1) is 18.5. The van der Waals surface area contributed by atoms with E-state index >= 15 is 0 Å². The van der Waals surface area contributed by atoms with Crippen LogP contribution in [0.5, 0.6) is 0 Å². The summed E-state index contributed by atoms with van der Waals surface area (Å²) in [6, 6.07) is 8.61. The third-order valence-corrected chi connectivity index (χ3v) is 8.14. The third kappa shape index (κ3) is 2.67. The maximum Gasteiger partial charge on any atom is 0.417 e. The molecule has 5 aromatic rings. The molecule has 4 amide bonds. The van der Waals surface area contributed by atoms with Crippen molar-refractivity contribution >= 4 is 66.7 Å². The minimum Gasteiger partial charge on any atom is -0.275 e. The Balaban J connectivity index is 1.80. The molecule has 0 aliphatic carbocycles. The second kappa shape index (κ2) is 7.31. The van der Waals surface area contributed by atoms with Gasteiger partial charge in [0.25, 0.3) is 23.6 Å². The van der Waals surface area contributed by atoms with Gasteiger partial charge in [-0.15, -0.1) is 0 Å². The Morgan fingerprint density at radius 2 is 1.03 bits per heavy atom. The summed E-state index contributed by atoms with van der Waals surface area (Å²) in [5.74, 6) is -2.33. The molecule has 7 rings (SSSR count). The van der Waals surface area contributed by atoms with Crippen LogP contribution in [0.15, 0.2) is 36.4 Å². The number of amides is 4. The number of imide groups is 2. The molecule has 0 radical (unpaired) electrons. The van der Waals surface area contributed by atoms with Crippen molar-refractivity contribution in [2.24, 2.45) is 0 Å². The number of carbonyl (C=O) groups is 4. The fourth-order valence-electron chi connectivity index (χ4n) is 6.57. The molecule has 0 aromatic heterocycles. The van der Waals surface area contributed by atoms with Gasteiger partial charge in [0.2, 0.25) is 0 Å². The zero-order valence-electron chi connectivity index (χ0n) is 21.0. The third-order valence-electron chi connectivity index (χ3n) is 8.14. The number of rotatable bonds is 2. The molecule has 0 N–H and O–H groups in total. The fourth-order valence-corrected chi connectivity index (χ4v) is 6.57. The van der Waals surface area contributed by atoms with Crippen LogP contribution in [0, 0.1) is 6.92 Å². The Labute approximate surface area is 218 Å². The van der Waals surface area contributed by atoms with E-state index in [4.69, 9.17) is 0 Å². The monoisotopic (exact) mass is 528 g/mol. The van der Waals surface area contributed by atoms with Crippen LogP contribution in [0.4, 0.5) is 13.2 Å². The van der Waals surface area contributed by atoms with Crippen molar-refractivity contribution < 1.29 is 32.3 Å². The molecule has 0 saturated heterocycles. The van der Waals surface area contributed by atoms with Crippen LogP contribution in [0.1, 0.15) is 66.4 Å². The Kier molecular flexibility index (Phi) is 4.42. The summed E-state index contributed by atoms with van der Waals surface area (Å²) in [6.07, 6.45) is -4.83. The van der Waals surface area contributed by atoms with Crippen LogP contribution in [-0.4, -0.2) is 46.5 Å². The van der Waals surface area contributed by atoms with Crippen molar-refractivity contribution in [3.05, 3.63) is 69.8 Å². The Morgan fingerprint density at radius 1 is 0.590 bits per heavy atom. The van der Waals surface area contributed by atoms with Gasteiger partial charge < -0.3 is 0 Å². The highest BCUT2D eigenvalue weighted by Crippen LogP contribution is 2.50. The highest BCUT2D eigenvalue weighted by Gasteiger charge is 2.41. The van der Waals surface area contributed by atoms with Crippen molar-refractivity contribution in [1.82, 2.24) is 9.80 Å². The molecule has 0 spiro atoms. The lowest BCUT2D eigenvalue weighted by Crippen LogP contribution is -2.40. The quantitative estimate of drug-likeness (QED) is 0.153. The first-order valence-electron chi connectivity index (χ1n) is 12.6. The van der Waals surface area contributed by atoms with E-state index in [0.717, 1.165) is 15.9 Å². The van der Waals surface area contributed by atoms with Crippen LogP contribution < -0.4 is 0 Å². The van der Waals surface area contributed by atoms with Crippen LogP contribution in [0.3, 0.4) is 0 Å². The maximum absolute atomic E-state index is 14.7. The van der Waals surface area contributed by atoms with Crippen LogP contribution in [0.25, 0.3) is 43.1 Å². The lowest BCUT2D eigenvalue weighted by Gasteiger charge is -2.31. The number of carbonyl (C=O) groups excluding carboxylic acids is 4. The van der Waals surface area contributed by atoms with Crippen LogP contribution in [0.2, 0.25) is 0 Å². The number of hydrogen-bond acceptors (Lipinski definition) is 4. The van der Waals surface area contributed by atoms with E-state index in [2.05, 4.69) is 0 Å². The minimum atomic E-state index is -4.83. The molecule has 0 fully saturated rings. The number of halogens is 3. The molecular weight excluding hydrogens is 509 g/mol. The molecule has 9 heteroatoms. The predicted molar refractivity (Wildman–Crippen MR) is 139 cm³/mol. The van der Waals surface area contributed by atoms with Gasteiger partial charge in [0.05, 0.1) is 5.56 Å². The van der Waals surface area contributed by atoms with E-state index in [-0.39, 0.29) is 56.9 Å². The van der Waals surface area contributed by atoms with Gasteiger partial charge in [-0.1, -0.05) is 12.1 Å². The Morgan fingerprint density at radius 3 is 1.51 bits per heavy atom.